The molecule has 1 heteroatoms. The summed E-state index contributed by atoms with van der Waals surface area (Å²) in [5.74, 6) is 0. The third kappa shape index (κ3) is 2.35. The second-order valence-corrected chi connectivity index (χ2v) is 10.5. The molecule has 0 radical (unpaired) electrons. The van der Waals surface area contributed by atoms with Gasteiger partial charge in [0.1, 0.15) is 0 Å². The van der Waals surface area contributed by atoms with E-state index in [1.807, 2.05) is 11.8 Å². The molecule has 1 heterocycles. The zero-order chi connectivity index (χ0) is 21.4. The van der Waals surface area contributed by atoms with Crippen LogP contribution in [0.25, 0.3) is 44.2 Å². The summed E-state index contributed by atoms with van der Waals surface area (Å²) in [4.78, 5) is 2.70. The lowest BCUT2D eigenvalue weighted by molar-refractivity contribution is 0.662. The summed E-state index contributed by atoms with van der Waals surface area (Å²) in [5, 5.41) is 2.71. The maximum Gasteiger partial charge on any atom is 0.0207 e. The second-order valence-electron chi connectivity index (χ2n) is 9.37. The molecule has 0 saturated carbocycles. The predicted molar refractivity (Wildman–Crippen MR) is 137 cm³/mol. The molecular formula is C31H22S. The molecule has 0 atom stereocenters. The van der Waals surface area contributed by atoms with E-state index in [9.17, 15) is 0 Å². The van der Waals surface area contributed by atoms with Crippen LogP contribution in [0.4, 0.5) is 0 Å². The van der Waals surface area contributed by atoms with Gasteiger partial charge in [-0.15, -0.1) is 0 Å². The molecule has 152 valence electrons. The van der Waals surface area contributed by atoms with Crippen molar-refractivity contribution in [1.29, 1.82) is 0 Å². The molecule has 0 fully saturated rings. The highest BCUT2D eigenvalue weighted by atomic mass is 32.2. The molecule has 5 aromatic rings. The Hall–Kier alpha value is -3.29. The number of benzene rings is 5. The van der Waals surface area contributed by atoms with Crippen molar-refractivity contribution in [2.75, 3.05) is 0 Å². The van der Waals surface area contributed by atoms with E-state index in [4.69, 9.17) is 0 Å². The molecule has 0 unspecified atom stereocenters. The van der Waals surface area contributed by atoms with E-state index in [-0.39, 0.29) is 5.41 Å². The Morgan fingerprint density at radius 3 is 2.19 bits per heavy atom. The van der Waals surface area contributed by atoms with Gasteiger partial charge >= 0.3 is 0 Å². The van der Waals surface area contributed by atoms with Gasteiger partial charge in [-0.2, -0.15) is 0 Å². The molecule has 0 nitrogen and oxygen atoms in total. The average Bonchev–Trinajstić information content (AvgIpc) is 3.06. The second kappa shape index (κ2) is 6.37. The van der Waals surface area contributed by atoms with Gasteiger partial charge in [0.05, 0.1) is 0 Å². The predicted octanol–water partition coefficient (Wildman–Crippen LogP) is 8.94. The first kappa shape index (κ1) is 18.3. The molecule has 32 heavy (non-hydrogen) atoms. The van der Waals surface area contributed by atoms with Crippen LogP contribution in [-0.2, 0) is 5.41 Å². The van der Waals surface area contributed by atoms with Crippen LogP contribution in [0, 0.1) is 0 Å². The highest BCUT2D eigenvalue weighted by molar-refractivity contribution is 7.99. The monoisotopic (exact) mass is 426 g/mol. The molecule has 1 aliphatic heterocycles. The summed E-state index contributed by atoms with van der Waals surface area (Å²) in [6, 6.07) is 36.1. The summed E-state index contributed by atoms with van der Waals surface area (Å²) >= 11 is 1.90. The Balaban J connectivity index is 1.44. The summed E-state index contributed by atoms with van der Waals surface area (Å²) in [5.41, 5.74) is 11.0. The quantitative estimate of drug-likeness (QED) is 0.253. The molecule has 0 bridgehead atoms. The minimum absolute atomic E-state index is 0.0102. The lowest BCUT2D eigenvalue weighted by atomic mass is 9.79. The van der Waals surface area contributed by atoms with Gasteiger partial charge in [-0.05, 0) is 62.0 Å². The van der Waals surface area contributed by atoms with Gasteiger partial charge in [-0.3, -0.25) is 0 Å². The SMILES string of the molecule is CC1(C)c2ccccc2-c2cccc(-c3ccc4c(c3)Sc3cccc5cccc-4c35)c21. The Morgan fingerprint density at radius 2 is 1.28 bits per heavy atom. The van der Waals surface area contributed by atoms with Gasteiger partial charge in [0.25, 0.3) is 0 Å². The molecule has 0 N–H and O–H groups in total. The Bertz CT molecular complexity index is 1570. The third-order valence-corrected chi connectivity index (χ3v) is 8.37. The fraction of sp³-hybridized carbons (Fsp3) is 0.0968. The Morgan fingerprint density at radius 1 is 0.562 bits per heavy atom. The van der Waals surface area contributed by atoms with Crippen LogP contribution < -0.4 is 0 Å². The summed E-state index contributed by atoms with van der Waals surface area (Å²) in [7, 11) is 0. The summed E-state index contributed by atoms with van der Waals surface area (Å²) < 4.78 is 0. The maximum atomic E-state index is 2.41. The van der Waals surface area contributed by atoms with Crippen LogP contribution in [0.15, 0.2) is 107 Å². The average molecular weight is 427 g/mol. The van der Waals surface area contributed by atoms with Crippen molar-refractivity contribution in [3.63, 3.8) is 0 Å². The zero-order valence-electron chi connectivity index (χ0n) is 18.1. The van der Waals surface area contributed by atoms with Gasteiger partial charge < -0.3 is 0 Å². The standard InChI is InChI=1S/C31H22S/c1-31(2)26-14-4-3-10-22(26)25-13-7-11-21(30(25)31)20-16-17-23-24-12-5-8-19-9-6-15-27(29(19)24)32-28(23)18-20/h3-18H,1-2H3. The minimum Gasteiger partial charge on any atom is -0.0888 e. The highest BCUT2D eigenvalue weighted by Crippen LogP contribution is 2.53. The van der Waals surface area contributed by atoms with E-state index < -0.39 is 0 Å². The van der Waals surface area contributed by atoms with Crippen LogP contribution in [-0.4, -0.2) is 0 Å². The lowest BCUT2D eigenvalue weighted by Crippen LogP contribution is -2.16. The van der Waals surface area contributed by atoms with Crippen molar-refractivity contribution in [1.82, 2.24) is 0 Å². The first-order chi connectivity index (χ1) is 15.6. The molecule has 5 aromatic carbocycles. The molecule has 2 aliphatic rings. The van der Waals surface area contributed by atoms with Gasteiger partial charge in [0.15, 0.2) is 0 Å². The zero-order valence-corrected chi connectivity index (χ0v) is 19.0. The fourth-order valence-corrected chi connectivity index (χ4v) is 7.01. The molecule has 0 amide bonds. The smallest absolute Gasteiger partial charge is 0.0207 e. The van der Waals surface area contributed by atoms with Crippen molar-refractivity contribution in [2.24, 2.45) is 0 Å². The first-order valence-corrected chi connectivity index (χ1v) is 12.0. The van der Waals surface area contributed by atoms with E-state index in [0.29, 0.717) is 0 Å². The van der Waals surface area contributed by atoms with E-state index >= 15 is 0 Å². The Labute approximate surface area is 192 Å². The molecule has 0 spiro atoms. The van der Waals surface area contributed by atoms with E-state index in [1.54, 1.807) is 0 Å². The van der Waals surface area contributed by atoms with Crippen LogP contribution in [0.5, 0.6) is 0 Å². The van der Waals surface area contributed by atoms with Crippen molar-refractivity contribution in [2.45, 2.75) is 29.1 Å². The number of hydrogen-bond donors (Lipinski definition) is 0. The highest BCUT2D eigenvalue weighted by Gasteiger charge is 2.37. The topological polar surface area (TPSA) is 0 Å². The molecule has 1 aliphatic carbocycles. The van der Waals surface area contributed by atoms with Gasteiger partial charge in [-0.1, -0.05) is 111 Å². The fourth-order valence-electron chi connectivity index (χ4n) is 5.82. The number of hydrogen-bond acceptors (Lipinski definition) is 1. The van der Waals surface area contributed by atoms with Crippen molar-refractivity contribution >= 4 is 22.5 Å². The molecule has 0 aromatic heterocycles. The minimum atomic E-state index is -0.0102. The largest absolute Gasteiger partial charge is 0.0888 e. The number of fused-ring (bicyclic) bond motifs is 5. The van der Waals surface area contributed by atoms with Crippen molar-refractivity contribution in [3.8, 4) is 33.4 Å². The van der Waals surface area contributed by atoms with Gasteiger partial charge in [0, 0.05) is 20.6 Å². The summed E-state index contributed by atoms with van der Waals surface area (Å²) in [6.07, 6.45) is 0. The van der Waals surface area contributed by atoms with Crippen LogP contribution >= 0.6 is 11.8 Å². The normalized spacial score (nSPS) is 14.7. The van der Waals surface area contributed by atoms with Crippen LogP contribution in [0.1, 0.15) is 25.0 Å². The Kier molecular flexibility index (Phi) is 3.64. The third-order valence-electron chi connectivity index (χ3n) is 7.25. The first-order valence-electron chi connectivity index (χ1n) is 11.2. The van der Waals surface area contributed by atoms with Gasteiger partial charge in [0.2, 0.25) is 0 Å². The lowest BCUT2D eigenvalue weighted by Gasteiger charge is -2.25. The van der Waals surface area contributed by atoms with E-state index in [1.165, 1.54) is 65.1 Å². The maximum absolute atomic E-state index is 2.41. The van der Waals surface area contributed by atoms with Crippen LogP contribution in [0.3, 0.4) is 0 Å². The van der Waals surface area contributed by atoms with E-state index in [0.717, 1.165) is 0 Å². The molecule has 0 saturated heterocycles. The van der Waals surface area contributed by atoms with Crippen molar-refractivity contribution < 1.29 is 0 Å². The number of rotatable bonds is 1. The van der Waals surface area contributed by atoms with Gasteiger partial charge in [-0.25, -0.2) is 0 Å². The molecular weight excluding hydrogens is 404 g/mol. The van der Waals surface area contributed by atoms with Crippen LogP contribution in [0.2, 0.25) is 0 Å². The van der Waals surface area contributed by atoms with Crippen molar-refractivity contribution in [3.05, 3.63) is 108 Å². The van der Waals surface area contributed by atoms with E-state index in [2.05, 4.69) is 111 Å². The molecule has 7 rings (SSSR count). The summed E-state index contributed by atoms with van der Waals surface area (Å²) in [6.45, 7) is 4.73.